The van der Waals surface area contributed by atoms with E-state index in [-0.39, 0.29) is 11.8 Å². The summed E-state index contributed by atoms with van der Waals surface area (Å²) in [7, 11) is 0. The van der Waals surface area contributed by atoms with Crippen LogP contribution in [0.4, 0.5) is 5.69 Å². The molecule has 94 valence electrons. The van der Waals surface area contributed by atoms with Crippen LogP contribution in [0, 0.1) is 6.92 Å². The van der Waals surface area contributed by atoms with Crippen LogP contribution >= 0.6 is 11.6 Å². The van der Waals surface area contributed by atoms with E-state index in [1.54, 1.807) is 18.2 Å². The molecular formula is C15H16ClNO. The van der Waals surface area contributed by atoms with Crippen LogP contribution in [0.2, 0.25) is 5.02 Å². The molecule has 0 unspecified atom stereocenters. The molecule has 2 aromatic carbocycles. The Hall–Kier alpha value is -1.67. The fraction of sp³-hybridized carbons (Fsp3) is 0.200. The molecule has 2 nitrogen and oxygen atoms in total. The van der Waals surface area contributed by atoms with E-state index in [2.05, 4.69) is 5.32 Å². The van der Waals surface area contributed by atoms with Crippen molar-refractivity contribution >= 4 is 17.3 Å². The molecule has 0 saturated heterocycles. The van der Waals surface area contributed by atoms with Gasteiger partial charge in [-0.2, -0.15) is 0 Å². The largest absolute Gasteiger partial charge is 0.508 e. The van der Waals surface area contributed by atoms with Crippen molar-refractivity contribution in [3.63, 3.8) is 0 Å². The van der Waals surface area contributed by atoms with Crippen molar-refractivity contribution in [2.24, 2.45) is 0 Å². The number of aromatic hydroxyl groups is 1. The molecule has 3 heteroatoms. The highest BCUT2D eigenvalue weighted by Crippen LogP contribution is 2.30. The Bertz CT molecular complexity index is 554. The van der Waals surface area contributed by atoms with Crippen LogP contribution in [-0.4, -0.2) is 5.11 Å². The van der Waals surface area contributed by atoms with E-state index in [0.717, 1.165) is 11.3 Å². The van der Waals surface area contributed by atoms with Crippen molar-refractivity contribution < 1.29 is 5.11 Å². The summed E-state index contributed by atoms with van der Waals surface area (Å²) in [6, 6.07) is 13.1. The zero-order valence-corrected chi connectivity index (χ0v) is 11.2. The molecule has 1 atom stereocenters. The van der Waals surface area contributed by atoms with Gasteiger partial charge in [0.15, 0.2) is 0 Å². The number of para-hydroxylation sites is 1. The predicted octanol–water partition coefficient (Wildman–Crippen LogP) is 4.53. The average Bonchev–Trinajstić information content (AvgIpc) is 2.35. The van der Waals surface area contributed by atoms with Gasteiger partial charge in [0.1, 0.15) is 5.75 Å². The second-order valence-electron chi connectivity index (χ2n) is 4.38. The Kier molecular flexibility index (Phi) is 3.78. The first-order chi connectivity index (χ1) is 8.58. The summed E-state index contributed by atoms with van der Waals surface area (Å²) in [4.78, 5) is 0. The second-order valence-corrected chi connectivity index (χ2v) is 4.82. The Morgan fingerprint density at radius 1 is 1.17 bits per heavy atom. The molecule has 2 aromatic rings. The number of anilines is 1. The summed E-state index contributed by atoms with van der Waals surface area (Å²) in [6.07, 6.45) is 0. The zero-order valence-electron chi connectivity index (χ0n) is 10.4. The number of aryl methyl sites for hydroxylation is 1. The van der Waals surface area contributed by atoms with E-state index in [1.807, 2.05) is 38.1 Å². The number of rotatable bonds is 3. The molecule has 0 aliphatic heterocycles. The Labute approximate surface area is 112 Å². The van der Waals surface area contributed by atoms with E-state index in [4.69, 9.17) is 11.6 Å². The molecule has 0 aliphatic carbocycles. The standard InChI is InChI=1S/C15H16ClNO/c1-10-5-3-4-6-14(10)17-11(2)13-9-12(16)7-8-15(13)18/h3-9,11,17-18H,1-2H3/t11-/m0/s1. The second kappa shape index (κ2) is 5.32. The number of hydrogen-bond acceptors (Lipinski definition) is 2. The first kappa shape index (κ1) is 12.8. The summed E-state index contributed by atoms with van der Waals surface area (Å²) in [6.45, 7) is 4.05. The van der Waals surface area contributed by atoms with Crippen molar-refractivity contribution in [1.29, 1.82) is 0 Å². The van der Waals surface area contributed by atoms with Gasteiger partial charge in [0.2, 0.25) is 0 Å². The fourth-order valence-electron chi connectivity index (χ4n) is 1.92. The first-order valence-electron chi connectivity index (χ1n) is 5.88. The lowest BCUT2D eigenvalue weighted by atomic mass is 10.1. The summed E-state index contributed by atoms with van der Waals surface area (Å²) in [5, 5.41) is 13.9. The van der Waals surface area contributed by atoms with E-state index in [1.165, 1.54) is 5.56 Å². The molecule has 0 saturated carbocycles. The monoisotopic (exact) mass is 261 g/mol. The first-order valence-corrected chi connectivity index (χ1v) is 6.26. The maximum Gasteiger partial charge on any atom is 0.120 e. The summed E-state index contributed by atoms with van der Waals surface area (Å²) >= 11 is 5.96. The van der Waals surface area contributed by atoms with E-state index in [9.17, 15) is 5.11 Å². The predicted molar refractivity (Wildman–Crippen MR) is 76.3 cm³/mol. The molecule has 18 heavy (non-hydrogen) atoms. The Morgan fingerprint density at radius 3 is 2.61 bits per heavy atom. The van der Waals surface area contributed by atoms with Gasteiger partial charge in [-0.25, -0.2) is 0 Å². The van der Waals surface area contributed by atoms with Crippen molar-refractivity contribution in [3.8, 4) is 5.75 Å². The van der Waals surface area contributed by atoms with Gasteiger partial charge >= 0.3 is 0 Å². The van der Waals surface area contributed by atoms with Crippen LogP contribution in [-0.2, 0) is 0 Å². The fourth-order valence-corrected chi connectivity index (χ4v) is 2.10. The van der Waals surface area contributed by atoms with Crippen molar-refractivity contribution in [3.05, 3.63) is 58.6 Å². The minimum absolute atomic E-state index is 0.00944. The molecule has 0 heterocycles. The van der Waals surface area contributed by atoms with Gasteiger partial charge < -0.3 is 10.4 Å². The van der Waals surface area contributed by atoms with Gasteiger partial charge in [0.25, 0.3) is 0 Å². The smallest absolute Gasteiger partial charge is 0.120 e. The van der Waals surface area contributed by atoms with Crippen LogP contribution in [0.1, 0.15) is 24.1 Å². The molecule has 2 rings (SSSR count). The highest BCUT2D eigenvalue weighted by Gasteiger charge is 2.11. The number of hydrogen-bond donors (Lipinski definition) is 2. The minimum atomic E-state index is -0.00944. The van der Waals surface area contributed by atoms with Crippen molar-refractivity contribution in [1.82, 2.24) is 0 Å². The molecule has 0 aromatic heterocycles. The van der Waals surface area contributed by atoms with Crippen LogP contribution in [0.5, 0.6) is 5.75 Å². The number of phenolic OH excluding ortho intramolecular Hbond substituents is 1. The van der Waals surface area contributed by atoms with Crippen LogP contribution in [0.25, 0.3) is 0 Å². The minimum Gasteiger partial charge on any atom is -0.508 e. The van der Waals surface area contributed by atoms with E-state index < -0.39 is 0 Å². The SMILES string of the molecule is Cc1ccccc1N[C@@H](C)c1cc(Cl)ccc1O. The lowest BCUT2D eigenvalue weighted by Gasteiger charge is -2.18. The quantitative estimate of drug-likeness (QED) is 0.851. The van der Waals surface area contributed by atoms with Crippen LogP contribution in [0.15, 0.2) is 42.5 Å². The molecule has 0 fully saturated rings. The molecule has 2 N–H and O–H groups in total. The lowest BCUT2D eigenvalue weighted by Crippen LogP contribution is -2.07. The lowest BCUT2D eigenvalue weighted by molar-refractivity contribution is 0.465. The highest BCUT2D eigenvalue weighted by atomic mass is 35.5. The van der Waals surface area contributed by atoms with Gasteiger partial charge in [0.05, 0.1) is 6.04 Å². The topological polar surface area (TPSA) is 32.3 Å². The van der Waals surface area contributed by atoms with Gasteiger partial charge in [-0.05, 0) is 43.7 Å². The van der Waals surface area contributed by atoms with E-state index >= 15 is 0 Å². The number of halogens is 1. The Morgan fingerprint density at radius 2 is 1.89 bits per heavy atom. The molecule has 0 amide bonds. The van der Waals surface area contributed by atoms with Gasteiger partial charge in [-0.15, -0.1) is 0 Å². The van der Waals surface area contributed by atoms with Crippen molar-refractivity contribution in [2.75, 3.05) is 5.32 Å². The highest BCUT2D eigenvalue weighted by molar-refractivity contribution is 6.30. The van der Waals surface area contributed by atoms with Crippen LogP contribution in [0.3, 0.4) is 0 Å². The average molecular weight is 262 g/mol. The van der Waals surface area contributed by atoms with Crippen LogP contribution < -0.4 is 5.32 Å². The molecule has 0 spiro atoms. The number of phenols is 1. The third kappa shape index (κ3) is 2.77. The summed E-state index contributed by atoms with van der Waals surface area (Å²) in [5.41, 5.74) is 3.03. The van der Waals surface area contributed by atoms with E-state index in [0.29, 0.717) is 5.02 Å². The zero-order chi connectivity index (χ0) is 13.1. The number of nitrogens with one attached hydrogen (secondary N) is 1. The van der Waals surface area contributed by atoms with Gasteiger partial charge in [0, 0.05) is 16.3 Å². The molecule has 0 aliphatic rings. The molecule has 0 bridgehead atoms. The molecular weight excluding hydrogens is 246 g/mol. The van der Waals surface area contributed by atoms with Gasteiger partial charge in [-0.1, -0.05) is 29.8 Å². The third-order valence-electron chi connectivity index (χ3n) is 2.97. The van der Waals surface area contributed by atoms with Gasteiger partial charge in [-0.3, -0.25) is 0 Å². The number of benzene rings is 2. The summed E-state index contributed by atoms with van der Waals surface area (Å²) < 4.78 is 0. The Balaban J connectivity index is 2.25. The summed E-state index contributed by atoms with van der Waals surface area (Å²) in [5.74, 6) is 0.257. The maximum absolute atomic E-state index is 9.85. The maximum atomic E-state index is 9.85. The third-order valence-corrected chi connectivity index (χ3v) is 3.21. The van der Waals surface area contributed by atoms with Crippen molar-refractivity contribution in [2.45, 2.75) is 19.9 Å². The molecule has 0 radical (unpaired) electrons. The normalized spacial score (nSPS) is 12.2.